The van der Waals surface area contributed by atoms with Crippen LogP contribution in [0.5, 0.6) is 0 Å². The molecule has 2 atom stereocenters. The van der Waals surface area contributed by atoms with Gasteiger partial charge in [-0.15, -0.1) is 0 Å². The maximum Gasteiger partial charge on any atom is 0.0505 e. The lowest BCUT2D eigenvalue weighted by Crippen LogP contribution is -2.43. The van der Waals surface area contributed by atoms with Crippen LogP contribution in [0.1, 0.15) is 38.8 Å². The highest BCUT2D eigenvalue weighted by atomic mass is 15.3. The minimum atomic E-state index is 0.169. The molecule has 3 nitrogen and oxygen atoms in total. The third-order valence-corrected chi connectivity index (χ3v) is 3.35. The van der Waals surface area contributed by atoms with Crippen molar-refractivity contribution in [2.45, 2.75) is 44.8 Å². The summed E-state index contributed by atoms with van der Waals surface area (Å²) in [4.78, 5) is 6.56. The first-order valence-corrected chi connectivity index (χ1v) is 5.92. The largest absolute Gasteiger partial charge is 0.326 e. The van der Waals surface area contributed by atoms with E-state index in [0.29, 0.717) is 6.04 Å². The van der Waals surface area contributed by atoms with Gasteiger partial charge in [0.05, 0.1) is 6.04 Å². The van der Waals surface area contributed by atoms with Gasteiger partial charge in [-0.25, -0.2) is 0 Å². The van der Waals surface area contributed by atoms with Gasteiger partial charge in [0.1, 0.15) is 0 Å². The first-order chi connectivity index (χ1) is 7.50. The first-order valence-electron chi connectivity index (χ1n) is 5.92. The van der Waals surface area contributed by atoms with Crippen LogP contribution in [0.25, 0.3) is 0 Å². The van der Waals surface area contributed by atoms with Crippen LogP contribution in [-0.2, 0) is 0 Å². The summed E-state index contributed by atoms with van der Waals surface area (Å²) in [5.41, 5.74) is 7.69. The molecule has 0 saturated carbocycles. The quantitative estimate of drug-likeness (QED) is 0.785. The standard InChI is InChI=1S/C13H21N3/c1-13(2,3)16-9-6-11(14)12(16)10-4-7-15-8-5-10/h4-5,7-8,11-12H,6,9,14H2,1-3H3. The van der Waals surface area contributed by atoms with E-state index in [9.17, 15) is 0 Å². The van der Waals surface area contributed by atoms with E-state index < -0.39 is 0 Å². The van der Waals surface area contributed by atoms with Crippen molar-refractivity contribution in [3.63, 3.8) is 0 Å². The van der Waals surface area contributed by atoms with Crippen molar-refractivity contribution in [3.8, 4) is 0 Å². The number of hydrogen-bond donors (Lipinski definition) is 1. The average Bonchev–Trinajstić information content (AvgIpc) is 2.61. The lowest BCUT2D eigenvalue weighted by atomic mass is 9.98. The molecule has 1 fully saturated rings. The number of nitrogens with zero attached hydrogens (tertiary/aromatic N) is 2. The number of nitrogens with two attached hydrogens (primary N) is 1. The molecular weight excluding hydrogens is 198 g/mol. The summed E-state index contributed by atoms with van der Waals surface area (Å²) in [5.74, 6) is 0. The van der Waals surface area contributed by atoms with Gasteiger partial charge in [-0.3, -0.25) is 9.88 Å². The maximum absolute atomic E-state index is 6.24. The molecule has 3 heteroatoms. The van der Waals surface area contributed by atoms with Crippen molar-refractivity contribution >= 4 is 0 Å². The normalized spacial score (nSPS) is 27.2. The highest BCUT2D eigenvalue weighted by molar-refractivity contribution is 5.20. The molecule has 0 amide bonds. The van der Waals surface area contributed by atoms with Crippen LogP contribution in [0.4, 0.5) is 0 Å². The van der Waals surface area contributed by atoms with Crippen molar-refractivity contribution in [1.29, 1.82) is 0 Å². The van der Waals surface area contributed by atoms with Crippen LogP contribution < -0.4 is 5.73 Å². The Morgan fingerprint density at radius 1 is 1.31 bits per heavy atom. The number of pyridine rings is 1. The van der Waals surface area contributed by atoms with E-state index in [0.717, 1.165) is 13.0 Å². The van der Waals surface area contributed by atoms with Gasteiger partial charge in [0.2, 0.25) is 0 Å². The fourth-order valence-electron chi connectivity index (χ4n) is 2.56. The molecule has 1 aromatic rings. The SMILES string of the molecule is CC(C)(C)N1CCC(N)C1c1ccncc1. The van der Waals surface area contributed by atoms with Crippen molar-refractivity contribution in [1.82, 2.24) is 9.88 Å². The molecule has 0 spiro atoms. The van der Waals surface area contributed by atoms with E-state index in [2.05, 4.69) is 42.8 Å². The summed E-state index contributed by atoms with van der Waals surface area (Å²) >= 11 is 0. The zero-order valence-corrected chi connectivity index (χ0v) is 10.4. The Morgan fingerprint density at radius 2 is 1.94 bits per heavy atom. The third kappa shape index (κ3) is 2.11. The monoisotopic (exact) mass is 219 g/mol. The molecular formula is C13H21N3. The predicted octanol–water partition coefficient (Wildman–Crippen LogP) is 1.95. The zero-order chi connectivity index (χ0) is 11.8. The Hall–Kier alpha value is -0.930. The summed E-state index contributed by atoms with van der Waals surface area (Å²) < 4.78 is 0. The van der Waals surface area contributed by atoms with Gasteiger partial charge >= 0.3 is 0 Å². The van der Waals surface area contributed by atoms with Crippen LogP contribution in [0, 0.1) is 0 Å². The van der Waals surface area contributed by atoms with Crippen LogP contribution in [0.3, 0.4) is 0 Å². The van der Waals surface area contributed by atoms with Gasteiger partial charge in [-0.05, 0) is 44.9 Å². The Morgan fingerprint density at radius 3 is 2.50 bits per heavy atom. The second-order valence-corrected chi connectivity index (χ2v) is 5.54. The molecule has 0 aromatic carbocycles. The van der Waals surface area contributed by atoms with E-state index in [4.69, 9.17) is 5.73 Å². The molecule has 1 aliphatic rings. The van der Waals surface area contributed by atoms with Crippen molar-refractivity contribution in [2.75, 3.05) is 6.54 Å². The minimum absolute atomic E-state index is 0.169. The Kier molecular flexibility index (Phi) is 3.00. The summed E-state index contributed by atoms with van der Waals surface area (Å²) in [6, 6.07) is 4.73. The van der Waals surface area contributed by atoms with Crippen molar-refractivity contribution in [2.24, 2.45) is 5.73 Å². The van der Waals surface area contributed by atoms with E-state index in [-0.39, 0.29) is 11.6 Å². The highest BCUT2D eigenvalue weighted by Gasteiger charge is 2.38. The number of likely N-dealkylation sites (tertiary alicyclic amines) is 1. The smallest absolute Gasteiger partial charge is 0.0505 e. The maximum atomic E-state index is 6.24. The second kappa shape index (κ2) is 4.15. The Labute approximate surface area is 97.7 Å². The average molecular weight is 219 g/mol. The molecule has 88 valence electrons. The highest BCUT2D eigenvalue weighted by Crippen LogP contribution is 2.36. The van der Waals surface area contributed by atoms with E-state index in [1.807, 2.05) is 12.4 Å². The van der Waals surface area contributed by atoms with Gasteiger partial charge in [0.15, 0.2) is 0 Å². The molecule has 1 aliphatic heterocycles. The van der Waals surface area contributed by atoms with Gasteiger partial charge in [-0.2, -0.15) is 0 Å². The Bertz CT molecular complexity index is 342. The van der Waals surface area contributed by atoms with E-state index in [1.165, 1.54) is 5.56 Å². The van der Waals surface area contributed by atoms with E-state index >= 15 is 0 Å². The minimum Gasteiger partial charge on any atom is -0.326 e. The molecule has 1 aromatic heterocycles. The molecule has 0 bridgehead atoms. The molecule has 2 unspecified atom stereocenters. The summed E-state index contributed by atoms with van der Waals surface area (Å²) in [5, 5.41) is 0. The van der Waals surface area contributed by atoms with Crippen LogP contribution >= 0.6 is 0 Å². The molecule has 0 radical (unpaired) electrons. The van der Waals surface area contributed by atoms with Crippen LogP contribution in [-0.4, -0.2) is 28.0 Å². The number of hydrogen-bond acceptors (Lipinski definition) is 3. The zero-order valence-electron chi connectivity index (χ0n) is 10.4. The lowest BCUT2D eigenvalue weighted by Gasteiger charge is -2.38. The first kappa shape index (κ1) is 11.6. The summed E-state index contributed by atoms with van der Waals surface area (Å²) in [6.45, 7) is 7.83. The van der Waals surface area contributed by atoms with Crippen molar-refractivity contribution < 1.29 is 0 Å². The number of aromatic nitrogens is 1. The fraction of sp³-hybridized carbons (Fsp3) is 0.615. The molecule has 0 aliphatic carbocycles. The van der Waals surface area contributed by atoms with Gasteiger partial charge in [0.25, 0.3) is 0 Å². The van der Waals surface area contributed by atoms with Crippen LogP contribution in [0.15, 0.2) is 24.5 Å². The molecule has 1 saturated heterocycles. The second-order valence-electron chi connectivity index (χ2n) is 5.54. The molecule has 2 N–H and O–H groups in total. The molecule has 16 heavy (non-hydrogen) atoms. The van der Waals surface area contributed by atoms with E-state index in [1.54, 1.807) is 0 Å². The Balaban J connectivity index is 2.30. The third-order valence-electron chi connectivity index (χ3n) is 3.35. The summed E-state index contributed by atoms with van der Waals surface area (Å²) in [6.07, 6.45) is 4.77. The summed E-state index contributed by atoms with van der Waals surface area (Å²) in [7, 11) is 0. The lowest BCUT2D eigenvalue weighted by molar-refractivity contribution is 0.117. The fourth-order valence-corrected chi connectivity index (χ4v) is 2.56. The number of rotatable bonds is 1. The van der Waals surface area contributed by atoms with Gasteiger partial charge in [0, 0.05) is 30.5 Å². The molecule has 2 heterocycles. The topological polar surface area (TPSA) is 42.1 Å². The predicted molar refractivity (Wildman–Crippen MR) is 66.0 cm³/mol. The van der Waals surface area contributed by atoms with Gasteiger partial charge in [-0.1, -0.05) is 0 Å². The molecule has 2 rings (SSSR count). The van der Waals surface area contributed by atoms with Crippen molar-refractivity contribution in [3.05, 3.63) is 30.1 Å². The van der Waals surface area contributed by atoms with Crippen LogP contribution in [0.2, 0.25) is 0 Å². The van der Waals surface area contributed by atoms with Gasteiger partial charge < -0.3 is 5.73 Å².